The number of hydrogen-bond donors (Lipinski definition) is 2. The summed E-state index contributed by atoms with van der Waals surface area (Å²) in [4.78, 5) is 1.38. The van der Waals surface area contributed by atoms with Gasteiger partial charge in [-0.1, -0.05) is 6.92 Å². The molecule has 0 fully saturated rings. The molecule has 0 amide bonds. The van der Waals surface area contributed by atoms with Gasteiger partial charge in [-0.05, 0) is 39.7 Å². The van der Waals surface area contributed by atoms with Gasteiger partial charge in [-0.2, -0.15) is 13.2 Å². The normalized spacial score (nSPS) is 16.3. The zero-order chi connectivity index (χ0) is 14.4. The Balaban J connectivity index is 4.21. The highest BCUT2D eigenvalue weighted by molar-refractivity contribution is 4.82. The molecule has 0 saturated carbocycles. The molecule has 0 bridgehead atoms. The molecule has 6 heteroatoms. The summed E-state index contributed by atoms with van der Waals surface area (Å²) in [7, 11) is 0. The third-order valence-electron chi connectivity index (χ3n) is 3.25. The maximum absolute atomic E-state index is 12.4. The summed E-state index contributed by atoms with van der Waals surface area (Å²) in [6, 6.07) is -0.158. The van der Waals surface area contributed by atoms with Gasteiger partial charge < -0.3 is 10.8 Å². The average molecular weight is 270 g/mol. The Bertz CT molecular complexity index is 228. The number of alkyl halides is 3. The van der Waals surface area contributed by atoms with Crippen molar-refractivity contribution in [3.8, 4) is 0 Å². The maximum atomic E-state index is 12.4. The van der Waals surface area contributed by atoms with Crippen LogP contribution in [0.1, 0.15) is 40.0 Å². The molecule has 0 aromatic heterocycles. The van der Waals surface area contributed by atoms with Crippen LogP contribution in [0.15, 0.2) is 0 Å². The summed E-state index contributed by atoms with van der Waals surface area (Å²) in [6.45, 7) is 4.67. The number of nitrogens with zero attached hydrogens (tertiary/aromatic N) is 1. The lowest BCUT2D eigenvalue weighted by Gasteiger charge is -2.30. The molecule has 3 nitrogen and oxygen atoms in total. The molecule has 0 aromatic carbocycles. The van der Waals surface area contributed by atoms with E-state index in [0.29, 0.717) is 25.8 Å². The molecule has 0 aliphatic heterocycles. The lowest BCUT2D eigenvalue weighted by Crippen LogP contribution is -2.44. The summed E-state index contributed by atoms with van der Waals surface area (Å²) in [5.74, 6) is 0. The molecule has 0 saturated heterocycles. The average Bonchev–Trinajstić information content (AvgIpc) is 2.25. The van der Waals surface area contributed by atoms with Crippen molar-refractivity contribution in [2.24, 2.45) is 5.73 Å². The molecule has 18 heavy (non-hydrogen) atoms. The number of nitrogens with two attached hydrogens (primary N) is 1. The highest BCUT2D eigenvalue weighted by Crippen LogP contribution is 2.20. The van der Waals surface area contributed by atoms with Gasteiger partial charge in [-0.3, -0.25) is 4.90 Å². The summed E-state index contributed by atoms with van der Waals surface area (Å²) in [6.07, 6.45) is -2.48. The van der Waals surface area contributed by atoms with E-state index in [-0.39, 0.29) is 12.6 Å². The monoisotopic (exact) mass is 270 g/mol. The van der Waals surface area contributed by atoms with E-state index < -0.39 is 18.3 Å². The van der Waals surface area contributed by atoms with Crippen LogP contribution >= 0.6 is 0 Å². The number of aliphatic hydroxyl groups excluding tert-OH is 1. The van der Waals surface area contributed by atoms with Crippen molar-refractivity contribution in [2.75, 3.05) is 19.7 Å². The van der Waals surface area contributed by atoms with Crippen molar-refractivity contribution < 1.29 is 18.3 Å². The van der Waals surface area contributed by atoms with Gasteiger partial charge in [-0.15, -0.1) is 0 Å². The van der Waals surface area contributed by atoms with Crippen molar-refractivity contribution in [1.29, 1.82) is 0 Å². The zero-order valence-corrected chi connectivity index (χ0v) is 11.4. The van der Waals surface area contributed by atoms with Gasteiger partial charge in [0.15, 0.2) is 0 Å². The largest absolute Gasteiger partial charge is 0.401 e. The fourth-order valence-corrected chi connectivity index (χ4v) is 1.75. The van der Waals surface area contributed by atoms with E-state index in [4.69, 9.17) is 10.8 Å². The SMILES string of the molecule is CCC(N)(CO)CCCN(CC(F)(F)F)C(C)C. The van der Waals surface area contributed by atoms with Crippen molar-refractivity contribution >= 4 is 0 Å². The molecule has 1 atom stereocenters. The molecule has 0 aliphatic carbocycles. The number of rotatable bonds is 8. The van der Waals surface area contributed by atoms with Crippen LogP contribution < -0.4 is 5.73 Å². The number of aliphatic hydroxyl groups is 1. The van der Waals surface area contributed by atoms with Crippen LogP contribution in [0.25, 0.3) is 0 Å². The summed E-state index contributed by atoms with van der Waals surface area (Å²) >= 11 is 0. The van der Waals surface area contributed by atoms with Gasteiger partial charge in [0.25, 0.3) is 0 Å². The predicted molar refractivity (Wildman–Crippen MR) is 66.3 cm³/mol. The summed E-state index contributed by atoms with van der Waals surface area (Å²) < 4.78 is 37.1. The minimum absolute atomic E-state index is 0.134. The van der Waals surface area contributed by atoms with Crippen molar-refractivity contribution in [3.63, 3.8) is 0 Å². The smallest absolute Gasteiger partial charge is 0.394 e. The molecular weight excluding hydrogens is 245 g/mol. The Morgan fingerprint density at radius 2 is 1.83 bits per heavy atom. The van der Waals surface area contributed by atoms with Gasteiger partial charge in [0, 0.05) is 11.6 Å². The van der Waals surface area contributed by atoms with Crippen LogP contribution in [0.2, 0.25) is 0 Å². The summed E-state index contributed by atoms with van der Waals surface area (Å²) in [5.41, 5.74) is 5.23. The van der Waals surface area contributed by atoms with E-state index in [9.17, 15) is 13.2 Å². The summed E-state index contributed by atoms with van der Waals surface area (Å²) in [5, 5.41) is 9.13. The van der Waals surface area contributed by atoms with Gasteiger partial charge in [0.05, 0.1) is 13.2 Å². The zero-order valence-electron chi connectivity index (χ0n) is 11.4. The van der Waals surface area contributed by atoms with Gasteiger partial charge in [0.2, 0.25) is 0 Å². The standard InChI is InChI=1S/C12H25F3N2O/c1-4-11(16,9-18)6-5-7-17(10(2)3)8-12(13,14)15/h10,18H,4-9,16H2,1-3H3. The Labute approximate surface area is 107 Å². The van der Waals surface area contributed by atoms with Crippen LogP contribution in [0.3, 0.4) is 0 Å². The van der Waals surface area contributed by atoms with E-state index in [2.05, 4.69) is 0 Å². The van der Waals surface area contributed by atoms with Crippen LogP contribution in [-0.2, 0) is 0 Å². The minimum atomic E-state index is -4.17. The molecule has 3 N–H and O–H groups in total. The fourth-order valence-electron chi connectivity index (χ4n) is 1.75. The van der Waals surface area contributed by atoms with E-state index in [1.165, 1.54) is 4.90 Å². The molecule has 0 rings (SSSR count). The second-order valence-corrected chi connectivity index (χ2v) is 5.16. The van der Waals surface area contributed by atoms with Gasteiger partial charge >= 0.3 is 6.18 Å². The molecule has 0 aliphatic rings. The lowest BCUT2D eigenvalue weighted by molar-refractivity contribution is -0.149. The van der Waals surface area contributed by atoms with Crippen molar-refractivity contribution in [1.82, 2.24) is 4.90 Å². The quantitative estimate of drug-likeness (QED) is 0.710. The van der Waals surface area contributed by atoms with Crippen LogP contribution in [0.4, 0.5) is 13.2 Å². The molecule has 0 spiro atoms. The van der Waals surface area contributed by atoms with E-state index >= 15 is 0 Å². The first-order valence-electron chi connectivity index (χ1n) is 6.34. The molecular formula is C12H25F3N2O. The Kier molecular flexibility index (Phi) is 7.17. The molecule has 0 aromatic rings. The number of hydrogen-bond acceptors (Lipinski definition) is 3. The van der Waals surface area contributed by atoms with Crippen LogP contribution in [0.5, 0.6) is 0 Å². The van der Waals surface area contributed by atoms with E-state index in [0.717, 1.165) is 0 Å². The Morgan fingerprint density at radius 1 is 1.28 bits per heavy atom. The first-order chi connectivity index (χ1) is 8.13. The third-order valence-corrected chi connectivity index (χ3v) is 3.25. The van der Waals surface area contributed by atoms with Crippen molar-refractivity contribution in [2.45, 2.75) is 57.8 Å². The topological polar surface area (TPSA) is 49.5 Å². The highest BCUT2D eigenvalue weighted by atomic mass is 19.4. The minimum Gasteiger partial charge on any atom is -0.394 e. The van der Waals surface area contributed by atoms with Crippen LogP contribution in [-0.4, -0.2) is 47.5 Å². The first-order valence-corrected chi connectivity index (χ1v) is 6.34. The lowest BCUT2D eigenvalue weighted by atomic mass is 9.92. The second-order valence-electron chi connectivity index (χ2n) is 5.16. The van der Waals surface area contributed by atoms with Crippen molar-refractivity contribution in [3.05, 3.63) is 0 Å². The van der Waals surface area contributed by atoms with Gasteiger partial charge in [-0.25, -0.2) is 0 Å². The first kappa shape index (κ1) is 17.7. The third kappa shape index (κ3) is 7.18. The second kappa shape index (κ2) is 7.31. The molecule has 1 unspecified atom stereocenters. The predicted octanol–water partition coefficient (Wildman–Crippen LogP) is 2.14. The molecule has 0 radical (unpaired) electrons. The molecule has 110 valence electrons. The Morgan fingerprint density at radius 3 is 2.17 bits per heavy atom. The van der Waals surface area contributed by atoms with E-state index in [1.54, 1.807) is 13.8 Å². The highest BCUT2D eigenvalue weighted by Gasteiger charge is 2.32. The Hall–Kier alpha value is -0.330. The van der Waals surface area contributed by atoms with E-state index in [1.807, 2.05) is 6.92 Å². The maximum Gasteiger partial charge on any atom is 0.401 e. The van der Waals surface area contributed by atoms with Crippen LogP contribution in [0, 0.1) is 0 Å². The molecule has 0 heterocycles. The number of halogens is 3. The fraction of sp³-hybridized carbons (Fsp3) is 1.00. The van der Waals surface area contributed by atoms with Gasteiger partial charge in [0.1, 0.15) is 0 Å².